The summed E-state index contributed by atoms with van der Waals surface area (Å²) >= 11 is 0. The molecule has 46 heteroatoms. The number of amides is 18. The quantitative estimate of drug-likeness (QED) is 0.0189. The molecule has 0 spiro atoms. The van der Waals surface area contributed by atoms with Gasteiger partial charge in [0.2, 0.25) is 106 Å². The van der Waals surface area contributed by atoms with E-state index in [0.717, 1.165) is 17.7 Å². The van der Waals surface area contributed by atoms with Crippen molar-refractivity contribution < 1.29 is 116 Å². The number of carboxylic acid groups (broad SMARTS) is 3. The molecule has 14 atom stereocenters. The minimum atomic E-state index is -2.11. The van der Waals surface area contributed by atoms with Gasteiger partial charge < -0.3 is 122 Å². The Labute approximate surface area is 747 Å². The molecule has 0 bridgehead atoms. The van der Waals surface area contributed by atoms with Gasteiger partial charge in [0, 0.05) is 91.2 Å². The number of primary amides is 2. The van der Waals surface area contributed by atoms with Crippen molar-refractivity contribution in [3.63, 3.8) is 0 Å². The second-order valence-corrected chi connectivity index (χ2v) is 34.2. The van der Waals surface area contributed by atoms with Crippen molar-refractivity contribution in [1.29, 1.82) is 0 Å². The zero-order chi connectivity index (χ0) is 95.5. The number of aromatic amines is 2. The fourth-order valence-electron chi connectivity index (χ4n) is 13.2. The number of carbonyl (C=O) groups is 21. The van der Waals surface area contributed by atoms with Crippen molar-refractivity contribution in [1.82, 2.24) is 95.0 Å². The number of carboxylic acids is 3. The van der Waals surface area contributed by atoms with Crippen LogP contribution in [0.25, 0.3) is 21.8 Å². The van der Waals surface area contributed by atoms with E-state index in [1.54, 1.807) is 113 Å². The lowest BCUT2D eigenvalue weighted by Crippen LogP contribution is -2.61. The highest BCUT2D eigenvalue weighted by Crippen LogP contribution is 2.26. The third kappa shape index (κ3) is 35.2. The Morgan fingerprint density at radius 3 is 1.33 bits per heavy atom. The number of carbonyl (C=O) groups excluding carboxylic acids is 18. The first kappa shape index (κ1) is 104. The number of aromatic nitrogens is 2. The van der Waals surface area contributed by atoms with Gasteiger partial charge in [0.1, 0.15) is 84.6 Å². The molecule has 3 aromatic carbocycles. The number of H-pyrrole nitrogens is 2. The Morgan fingerprint density at radius 2 is 0.853 bits per heavy atom. The van der Waals surface area contributed by atoms with Crippen molar-refractivity contribution in [3.8, 4) is 0 Å². The molecule has 1 fully saturated rings. The first-order chi connectivity index (χ1) is 60.9. The summed E-state index contributed by atoms with van der Waals surface area (Å²) in [4.78, 5) is 298. The molecule has 1 aliphatic heterocycles. The zero-order valence-corrected chi connectivity index (χ0v) is 73.7. The number of benzene rings is 3. The first-order valence-electron chi connectivity index (χ1n) is 41.3. The van der Waals surface area contributed by atoms with Crippen molar-refractivity contribution in [2.75, 3.05) is 24.6 Å². The van der Waals surface area contributed by atoms with Gasteiger partial charge in [-0.15, -0.1) is 0 Å². The SMILES string of the molecule is CC(=O)NCC(=O)N[C@@H](C)C(=O)N[C@H]1CSSC[C@@H](C(=O)N[C@@H](C)C(=O)N[C@@H](C)C(N)=O)NC(=O)[C@H](CC(C)C)NC(=O)[C@H](Cc2c[nH]c3ccccc23)NC(=O)[C@H](Cc2ccccc2)NC(=O)[C@H](Cc2c[nH]c3ccccc23)NC(=O)[C@H](CCC(=O)O)NC(=O)[C@H](CCC(=O)O)NC(=O)[C@H](CCC(N)=O)NC(=O)CNC(=O)[C@H](CC(C)C)NC(=O)[C@@H](CC(=O)O)NC1=O. The predicted molar refractivity (Wildman–Crippen MR) is 467 cm³/mol. The summed E-state index contributed by atoms with van der Waals surface area (Å²) in [5.74, 6) is -26.4. The second-order valence-electron chi connectivity index (χ2n) is 31.6. The minimum absolute atomic E-state index is 0.196. The lowest BCUT2D eigenvalue weighted by atomic mass is 9.99. The molecule has 2 aromatic heterocycles. The van der Waals surface area contributed by atoms with Crippen molar-refractivity contribution in [3.05, 3.63) is 108 Å². The third-order valence-corrected chi connectivity index (χ3v) is 22.4. The first-order valence-corrected chi connectivity index (χ1v) is 43.8. The summed E-state index contributed by atoms with van der Waals surface area (Å²) in [5, 5.41) is 70.3. The molecule has 0 unspecified atom stereocenters. The van der Waals surface area contributed by atoms with Crippen LogP contribution >= 0.6 is 21.6 Å². The Hall–Kier alpha value is -13.7. The minimum Gasteiger partial charge on any atom is -0.481 e. The molecule has 1 aliphatic rings. The maximum atomic E-state index is 15.6. The molecular weight excluding hydrogens is 1730 g/mol. The van der Waals surface area contributed by atoms with E-state index in [-0.39, 0.29) is 25.7 Å². The van der Waals surface area contributed by atoms with Gasteiger partial charge in [-0.05, 0) is 93.5 Å². The summed E-state index contributed by atoms with van der Waals surface area (Å²) in [5.41, 5.74) is 13.3. The summed E-state index contributed by atoms with van der Waals surface area (Å²) in [7, 11) is 1.46. The van der Waals surface area contributed by atoms with Crippen LogP contribution in [0, 0.1) is 11.8 Å². The molecular formula is C83H112N20O24S2. The molecule has 25 N–H and O–H groups in total. The van der Waals surface area contributed by atoms with E-state index in [2.05, 4.69) is 95.0 Å². The highest BCUT2D eigenvalue weighted by Gasteiger charge is 2.40. The van der Waals surface area contributed by atoms with Gasteiger partial charge in [0.25, 0.3) is 0 Å². The van der Waals surface area contributed by atoms with Crippen molar-refractivity contribution in [2.45, 2.75) is 217 Å². The normalized spacial score (nSPS) is 21.8. The average Bonchev–Trinajstić information content (AvgIpc) is 1.73. The molecule has 129 heavy (non-hydrogen) atoms. The lowest BCUT2D eigenvalue weighted by Gasteiger charge is -2.29. The number of hydrogen-bond donors (Lipinski definition) is 23. The standard InChI is InChI=1S/C83H112N20O24S2/c1-40(2)28-56-73(117)89-37-66(107)93-53(22-25-64(84)105)74(118)94-54(23-26-67(108)109)75(119)95-55(24-27-68(110)111)76(120)99-59(31-47-34-87-51-20-14-12-18-49(47)51)80(124)98-58(30-46-16-10-9-11-17-46)78(122)100-60(32-48-35-88-52-21-15-13-19-50(48)52)79(123)97-57(29-41(3)4)77(121)103-62(82(126)92-44(7)71(115)91-42(5)70(85)114)38-128-129-39-63(83(127)101-61(33-69(112)113)81(125)96-56)102-72(116)43(6)90-65(106)36-86-45(8)104/h9-21,34-35,40-44,53-63,87-88H,22-33,36-39H2,1-8H3,(H2,84,105)(H2,85,114)(H,86,104)(H,89,117)(H,90,106)(H,91,115)(H,92,126)(H,93,107)(H,94,118)(H,95,119)(H,96,125)(H,97,123)(H,98,124)(H,99,120)(H,100,122)(H,101,127)(H,102,116)(H,103,121)(H,108,109)(H,110,111)(H,112,113)/t42-,43-,44-,53-,54-,55-,56-,57-,58-,59-,60-,61+,62-,63-/m0/s1. The number of hydrogen-bond acceptors (Lipinski definition) is 23. The maximum absolute atomic E-state index is 15.6. The van der Waals surface area contributed by atoms with Crippen LogP contribution in [0.5, 0.6) is 0 Å². The van der Waals surface area contributed by atoms with Gasteiger partial charge in [0.15, 0.2) is 0 Å². The third-order valence-electron chi connectivity index (χ3n) is 20.0. The van der Waals surface area contributed by atoms with E-state index in [4.69, 9.17) is 11.5 Å². The topological polar surface area (TPSA) is 695 Å². The number of nitrogens with two attached hydrogens (primary N) is 2. The number of fused-ring (bicyclic) bond motifs is 2. The van der Waals surface area contributed by atoms with Crippen LogP contribution in [0.2, 0.25) is 0 Å². The maximum Gasteiger partial charge on any atom is 0.305 e. The number of aliphatic carboxylic acids is 3. The van der Waals surface area contributed by atoms with Gasteiger partial charge in [0.05, 0.1) is 19.5 Å². The van der Waals surface area contributed by atoms with E-state index in [1.165, 1.54) is 27.0 Å². The van der Waals surface area contributed by atoms with Crippen molar-refractivity contribution >= 4 is 168 Å². The molecule has 1 saturated heterocycles. The van der Waals surface area contributed by atoms with Crippen LogP contribution < -0.4 is 96.5 Å². The molecule has 3 heterocycles. The monoisotopic (exact) mass is 1840 g/mol. The van der Waals surface area contributed by atoms with Gasteiger partial charge in [-0.2, -0.15) is 0 Å². The Kier molecular flexibility index (Phi) is 41.3. The average molecular weight is 1840 g/mol. The Balaban J connectivity index is 1.53. The second kappa shape index (κ2) is 51.2. The summed E-state index contributed by atoms with van der Waals surface area (Å²) in [6.07, 6.45) is -4.20. The van der Waals surface area contributed by atoms with Crippen molar-refractivity contribution in [2.24, 2.45) is 23.3 Å². The van der Waals surface area contributed by atoms with Crippen LogP contribution in [0.1, 0.15) is 130 Å². The van der Waals surface area contributed by atoms with Gasteiger partial charge in [-0.25, -0.2) is 0 Å². The Bertz CT molecular complexity index is 4910. The van der Waals surface area contributed by atoms with Crippen LogP contribution in [-0.4, -0.2) is 259 Å². The van der Waals surface area contributed by atoms with Crippen LogP contribution in [0.15, 0.2) is 91.3 Å². The molecule has 18 amide bonds. The van der Waals surface area contributed by atoms with E-state index in [1.807, 2.05) is 0 Å². The van der Waals surface area contributed by atoms with Gasteiger partial charge >= 0.3 is 17.9 Å². The predicted octanol–water partition coefficient (Wildman–Crippen LogP) is -3.78. The highest BCUT2D eigenvalue weighted by atomic mass is 33.1. The van der Waals surface area contributed by atoms with E-state index < -0.39 is 297 Å². The molecule has 700 valence electrons. The van der Waals surface area contributed by atoms with Gasteiger partial charge in [-0.1, -0.05) is 116 Å². The molecule has 0 saturated carbocycles. The van der Waals surface area contributed by atoms with Crippen LogP contribution in [-0.2, 0) is 120 Å². The highest BCUT2D eigenvalue weighted by molar-refractivity contribution is 8.76. The fraction of sp³-hybridized carbons (Fsp3) is 0.482. The summed E-state index contributed by atoms with van der Waals surface area (Å²) < 4.78 is 0. The molecule has 44 nitrogen and oxygen atoms in total. The zero-order valence-electron chi connectivity index (χ0n) is 72.1. The van der Waals surface area contributed by atoms with E-state index in [0.29, 0.717) is 49.3 Å². The molecule has 6 rings (SSSR count). The van der Waals surface area contributed by atoms with Gasteiger partial charge in [-0.3, -0.25) is 101 Å². The Morgan fingerprint density at radius 1 is 0.434 bits per heavy atom. The van der Waals surface area contributed by atoms with E-state index >= 15 is 24.0 Å². The fourth-order valence-corrected chi connectivity index (χ4v) is 15.5. The number of nitrogens with one attached hydrogen (secondary N) is 18. The van der Waals surface area contributed by atoms with Crippen LogP contribution in [0.4, 0.5) is 0 Å². The number of para-hydroxylation sites is 2. The summed E-state index contributed by atoms with van der Waals surface area (Å²) in [6, 6.07) is -2.39. The summed E-state index contributed by atoms with van der Waals surface area (Å²) in [6.45, 7) is 9.71. The molecule has 0 aliphatic carbocycles. The number of rotatable bonds is 31. The molecule has 5 aromatic rings. The largest absolute Gasteiger partial charge is 0.481 e. The molecule has 0 radical (unpaired) electrons. The lowest BCUT2D eigenvalue weighted by molar-refractivity contribution is -0.141. The van der Waals surface area contributed by atoms with Crippen LogP contribution in [0.3, 0.4) is 0 Å². The smallest absolute Gasteiger partial charge is 0.305 e. The van der Waals surface area contributed by atoms with E-state index in [9.17, 15) is 92.0 Å².